The summed E-state index contributed by atoms with van der Waals surface area (Å²) in [4.78, 5) is 28.6. The van der Waals surface area contributed by atoms with Crippen LogP contribution in [0, 0.1) is 20.8 Å². The largest absolute Gasteiger partial charge is 0.352 e. The predicted molar refractivity (Wildman–Crippen MR) is 161 cm³/mol. The van der Waals surface area contributed by atoms with Gasteiger partial charge in [-0.25, -0.2) is 8.42 Å². The third kappa shape index (κ3) is 7.43. The number of carbonyl (C=O) groups excluding carboxylic acids is 2. The Morgan fingerprint density at radius 1 is 0.925 bits per heavy atom. The maximum atomic E-state index is 14.0. The minimum atomic E-state index is -4.12. The van der Waals surface area contributed by atoms with Gasteiger partial charge in [-0.1, -0.05) is 60.5 Å². The Morgan fingerprint density at radius 2 is 1.57 bits per heavy atom. The first-order valence-electron chi connectivity index (χ1n) is 13.3. The lowest BCUT2D eigenvalue weighted by Gasteiger charge is -2.32. The molecule has 214 valence electrons. The van der Waals surface area contributed by atoms with Crippen LogP contribution in [0.25, 0.3) is 0 Å². The van der Waals surface area contributed by atoms with Crippen LogP contribution in [-0.2, 0) is 26.2 Å². The molecule has 1 N–H and O–H groups in total. The van der Waals surface area contributed by atoms with Crippen molar-refractivity contribution in [3.05, 3.63) is 94.0 Å². The van der Waals surface area contributed by atoms with Crippen LogP contribution in [0.2, 0.25) is 5.02 Å². The third-order valence-corrected chi connectivity index (χ3v) is 9.29. The topological polar surface area (TPSA) is 86.8 Å². The molecule has 0 radical (unpaired) electrons. The average molecular weight is 584 g/mol. The second-order valence-corrected chi connectivity index (χ2v) is 12.5. The van der Waals surface area contributed by atoms with Crippen LogP contribution in [0.15, 0.2) is 71.6 Å². The predicted octanol–water partition coefficient (Wildman–Crippen LogP) is 5.79. The molecule has 0 saturated heterocycles. The van der Waals surface area contributed by atoms with E-state index in [9.17, 15) is 18.0 Å². The average Bonchev–Trinajstić information content (AvgIpc) is 2.92. The van der Waals surface area contributed by atoms with Gasteiger partial charge in [0.1, 0.15) is 12.6 Å². The number of sulfonamides is 1. The summed E-state index contributed by atoms with van der Waals surface area (Å²) in [6.45, 7) is 10.7. The zero-order valence-electron chi connectivity index (χ0n) is 23.9. The lowest BCUT2D eigenvalue weighted by molar-refractivity contribution is -0.139. The van der Waals surface area contributed by atoms with Crippen molar-refractivity contribution in [2.45, 2.75) is 71.5 Å². The number of benzene rings is 3. The fraction of sp³-hybridized carbons (Fsp3) is 0.355. The molecule has 0 aliphatic carbocycles. The highest BCUT2D eigenvalue weighted by Crippen LogP contribution is 2.27. The van der Waals surface area contributed by atoms with Gasteiger partial charge in [0.15, 0.2) is 0 Å². The molecule has 7 nitrogen and oxygen atoms in total. The molecule has 0 spiro atoms. The van der Waals surface area contributed by atoms with Gasteiger partial charge < -0.3 is 10.2 Å². The minimum absolute atomic E-state index is 0.0406. The van der Waals surface area contributed by atoms with Crippen LogP contribution >= 0.6 is 11.6 Å². The number of anilines is 1. The number of nitrogens with one attached hydrogen (secondary N) is 1. The second kappa shape index (κ2) is 13.3. The Balaban J connectivity index is 2.06. The van der Waals surface area contributed by atoms with Crippen molar-refractivity contribution in [2.24, 2.45) is 0 Å². The van der Waals surface area contributed by atoms with Gasteiger partial charge in [-0.3, -0.25) is 13.9 Å². The lowest BCUT2D eigenvalue weighted by Crippen LogP contribution is -2.52. The molecule has 40 heavy (non-hydrogen) atoms. The summed E-state index contributed by atoms with van der Waals surface area (Å²) in [6.07, 6.45) is 0.728. The van der Waals surface area contributed by atoms with Gasteiger partial charge in [-0.2, -0.15) is 0 Å². The van der Waals surface area contributed by atoms with Gasteiger partial charge in [0.25, 0.3) is 10.0 Å². The second-order valence-electron chi connectivity index (χ2n) is 10.2. The van der Waals surface area contributed by atoms with Crippen LogP contribution in [0.3, 0.4) is 0 Å². The molecule has 2 atom stereocenters. The lowest BCUT2D eigenvalue weighted by atomic mass is 10.1. The smallest absolute Gasteiger partial charge is 0.264 e. The zero-order valence-corrected chi connectivity index (χ0v) is 25.5. The van der Waals surface area contributed by atoms with Crippen LogP contribution in [0.5, 0.6) is 0 Å². The minimum Gasteiger partial charge on any atom is -0.352 e. The Labute approximate surface area is 243 Å². The van der Waals surface area contributed by atoms with Gasteiger partial charge in [-0.15, -0.1) is 0 Å². The van der Waals surface area contributed by atoms with Gasteiger partial charge >= 0.3 is 0 Å². The molecule has 0 heterocycles. The summed E-state index contributed by atoms with van der Waals surface area (Å²) in [5.41, 5.74) is 3.83. The number of hydrogen-bond acceptors (Lipinski definition) is 4. The van der Waals surface area contributed by atoms with E-state index in [1.165, 1.54) is 17.0 Å². The van der Waals surface area contributed by atoms with Crippen LogP contribution < -0.4 is 9.62 Å². The van der Waals surface area contributed by atoms with E-state index < -0.39 is 28.5 Å². The van der Waals surface area contributed by atoms with Crippen molar-refractivity contribution in [1.29, 1.82) is 0 Å². The first-order chi connectivity index (χ1) is 18.8. The molecule has 0 bridgehead atoms. The molecule has 3 rings (SSSR count). The summed E-state index contributed by atoms with van der Waals surface area (Å²) in [5, 5.41) is 3.38. The van der Waals surface area contributed by atoms with E-state index in [0.717, 1.165) is 27.4 Å². The maximum absolute atomic E-state index is 14.0. The third-order valence-electron chi connectivity index (χ3n) is 7.13. The number of rotatable bonds is 11. The van der Waals surface area contributed by atoms with Crippen molar-refractivity contribution in [3.8, 4) is 0 Å². The van der Waals surface area contributed by atoms with Crippen LogP contribution in [0.1, 0.15) is 49.4 Å². The van der Waals surface area contributed by atoms with Crippen molar-refractivity contribution < 1.29 is 18.0 Å². The molecule has 9 heteroatoms. The normalized spacial score (nSPS) is 12.9. The monoisotopic (exact) mass is 583 g/mol. The van der Waals surface area contributed by atoms with Crippen molar-refractivity contribution in [3.63, 3.8) is 0 Å². The van der Waals surface area contributed by atoms with E-state index >= 15 is 0 Å². The van der Waals surface area contributed by atoms with E-state index in [2.05, 4.69) is 5.32 Å². The number of aryl methyl sites for hydroxylation is 3. The molecular formula is C31H38ClN3O4S. The summed E-state index contributed by atoms with van der Waals surface area (Å²) in [5.74, 6) is -0.852. The molecule has 0 saturated carbocycles. The molecule has 2 amide bonds. The highest BCUT2D eigenvalue weighted by atomic mass is 35.5. The van der Waals surface area contributed by atoms with Crippen molar-refractivity contribution in [2.75, 3.05) is 10.8 Å². The Hall–Kier alpha value is -3.36. The molecular weight excluding hydrogens is 546 g/mol. The SMILES string of the molecule is CCC(C)NC(=O)C(C)N(Cc1ccccc1Cl)C(=O)CN(c1ccc(C)c(C)c1)S(=O)(=O)c1ccc(C)cc1. The summed E-state index contributed by atoms with van der Waals surface area (Å²) >= 11 is 6.42. The zero-order chi connectivity index (χ0) is 29.6. The Bertz CT molecular complexity index is 1460. The number of amides is 2. The van der Waals surface area contributed by atoms with Crippen LogP contribution in [-0.4, -0.2) is 43.8 Å². The summed E-state index contributed by atoms with van der Waals surface area (Å²) in [6, 6.07) is 17.9. The highest BCUT2D eigenvalue weighted by Gasteiger charge is 2.33. The molecule has 0 aromatic heterocycles. The fourth-order valence-corrected chi connectivity index (χ4v) is 5.71. The van der Waals surface area contributed by atoms with E-state index in [0.29, 0.717) is 16.3 Å². The van der Waals surface area contributed by atoms with Gasteiger partial charge in [0.2, 0.25) is 11.8 Å². The fourth-order valence-electron chi connectivity index (χ4n) is 4.11. The van der Waals surface area contributed by atoms with Crippen LogP contribution in [0.4, 0.5) is 5.69 Å². The highest BCUT2D eigenvalue weighted by molar-refractivity contribution is 7.92. The Morgan fingerprint density at radius 3 is 2.17 bits per heavy atom. The number of halogens is 1. The standard InChI is InChI=1S/C31H38ClN3O4S/c1-7-24(5)33-31(37)25(6)34(19-26-10-8-9-11-29(26)32)30(36)20-35(27-15-14-22(3)23(4)18-27)40(38,39)28-16-12-21(2)13-17-28/h8-18,24-25H,7,19-20H2,1-6H3,(H,33,37). The number of hydrogen-bond donors (Lipinski definition) is 1. The van der Waals surface area contributed by atoms with E-state index in [1.54, 1.807) is 55.5 Å². The molecule has 0 fully saturated rings. The molecule has 0 aliphatic heterocycles. The summed E-state index contributed by atoms with van der Waals surface area (Å²) in [7, 11) is -4.12. The van der Waals surface area contributed by atoms with E-state index in [4.69, 9.17) is 11.6 Å². The first kappa shape index (κ1) is 31.2. The quantitative estimate of drug-likeness (QED) is 0.309. The maximum Gasteiger partial charge on any atom is 0.264 e. The molecule has 3 aromatic rings. The molecule has 0 aliphatic rings. The number of nitrogens with zero attached hydrogens (tertiary/aromatic N) is 2. The van der Waals surface area contributed by atoms with Gasteiger partial charge in [0.05, 0.1) is 10.6 Å². The van der Waals surface area contributed by atoms with Crippen molar-refractivity contribution >= 4 is 39.1 Å². The van der Waals surface area contributed by atoms with Gasteiger partial charge in [-0.05, 0) is 88.1 Å². The van der Waals surface area contributed by atoms with Gasteiger partial charge in [0, 0.05) is 17.6 Å². The first-order valence-corrected chi connectivity index (χ1v) is 15.2. The summed E-state index contributed by atoms with van der Waals surface area (Å²) < 4.78 is 29.0. The Kier molecular flexibility index (Phi) is 10.4. The van der Waals surface area contributed by atoms with Crippen molar-refractivity contribution in [1.82, 2.24) is 10.2 Å². The molecule has 2 unspecified atom stereocenters. The number of carbonyl (C=O) groups is 2. The van der Waals surface area contributed by atoms with E-state index in [-0.39, 0.29) is 23.4 Å². The van der Waals surface area contributed by atoms with E-state index in [1.807, 2.05) is 40.7 Å². The molecule has 3 aromatic carbocycles.